The van der Waals surface area contributed by atoms with Crippen molar-refractivity contribution in [2.75, 3.05) is 0 Å². The first-order chi connectivity index (χ1) is 9.47. The van der Waals surface area contributed by atoms with Crippen molar-refractivity contribution in [1.29, 1.82) is 0 Å². The van der Waals surface area contributed by atoms with Crippen LogP contribution in [0.5, 0.6) is 0 Å². The van der Waals surface area contributed by atoms with Crippen molar-refractivity contribution in [3.63, 3.8) is 0 Å². The highest BCUT2D eigenvalue weighted by atomic mass is 127. The molecule has 0 radical (unpaired) electrons. The lowest BCUT2D eigenvalue weighted by Gasteiger charge is -1.98. The van der Waals surface area contributed by atoms with Crippen LogP contribution < -0.4 is 0 Å². The zero-order chi connectivity index (χ0) is 15.1. The van der Waals surface area contributed by atoms with Gasteiger partial charge in [0.15, 0.2) is 0 Å². The summed E-state index contributed by atoms with van der Waals surface area (Å²) >= 11 is 23.9. The second-order valence-electron chi connectivity index (χ2n) is 3.74. The summed E-state index contributed by atoms with van der Waals surface area (Å²) in [5.41, 5.74) is 2.42. The largest absolute Gasteiger partial charge is 0.0876 e. The molecule has 0 heterocycles. The van der Waals surface area contributed by atoms with Crippen molar-refractivity contribution < 1.29 is 0 Å². The first kappa shape index (κ1) is 19.2. The summed E-state index contributed by atoms with van der Waals surface area (Å²) in [5, 5.41) is 3.27. The average molecular weight is 616 g/mol. The summed E-state index contributed by atoms with van der Waals surface area (Å²) in [6.07, 6.45) is 0. The van der Waals surface area contributed by atoms with Gasteiger partial charge in [-0.25, -0.2) is 0 Å². The predicted octanol–water partition coefficient (Wildman–Crippen LogP) is 7.84. The van der Waals surface area contributed by atoms with E-state index >= 15 is 0 Å². The van der Waals surface area contributed by atoms with Gasteiger partial charge >= 0.3 is 0 Å². The maximum atomic E-state index is 5.77. The minimum absolute atomic E-state index is 0.776. The van der Waals surface area contributed by atoms with E-state index in [1.165, 1.54) is 14.7 Å². The van der Waals surface area contributed by atoms with Crippen LogP contribution in [0.1, 0.15) is 11.1 Å². The first-order valence-corrected chi connectivity index (χ1v) is 10.3. The Balaban J connectivity index is 0.000000200. The SMILES string of the molecule is Clc1ccc(Br)c(CBr)c1.Clc1ccc(I)c(CBr)c1. The van der Waals surface area contributed by atoms with Gasteiger partial charge in [0.25, 0.3) is 0 Å². The first-order valence-electron chi connectivity index (χ1n) is 5.47. The Kier molecular flexibility index (Phi) is 9.67. The lowest BCUT2D eigenvalue weighted by molar-refractivity contribution is 1.40. The topological polar surface area (TPSA) is 0 Å². The molecule has 2 aromatic carbocycles. The maximum Gasteiger partial charge on any atom is 0.0409 e. The van der Waals surface area contributed by atoms with Gasteiger partial charge in [0, 0.05) is 28.7 Å². The number of rotatable bonds is 2. The van der Waals surface area contributed by atoms with Crippen molar-refractivity contribution in [3.05, 3.63) is 65.6 Å². The normalized spacial score (nSPS) is 9.90. The Labute approximate surface area is 168 Å². The van der Waals surface area contributed by atoms with Gasteiger partial charge in [0.1, 0.15) is 0 Å². The number of hydrogen-bond donors (Lipinski definition) is 0. The van der Waals surface area contributed by atoms with Crippen molar-refractivity contribution in [3.8, 4) is 0 Å². The fourth-order valence-electron chi connectivity index (χ4n) is 1.29. The van der Waals surface area contributed by atoms with Crippen molar-refractivity contribution in [2.24, 2.45) is 0 Å². The highest BCUT2D eigenvalue weighted by Crippen LogP contribution is 2.22. The minimum Gasteiger partial charge on any atom is -0.0876 e. The molecule has 0 N–H and O–H groups in total. The smallest absolute Gasteiger partial charge is 0.0409 e. The van der Waals surface area contributed by atoms with Gasteiger partial charge in [-0.2, -0.15) is 0 Å². The fraction of sp³-hybridized carbons (Fsp3) is 0.143. The third-order valence-electron chi connectivity index (χ3n) is 2.30. The van der Waals surface area contributed by atoms with Gasteiger partial charge in [0.05, 0.1) is 0 Å². The van der Waals surface area contributed by atoms with Crippen molar-refractivity contribution in [1.82, 2.24) is 0 Å². The Bertz CT molecular complexity index is 525. The van der Waals surface area contributed by atoms with E-state index in [0.717, 1.165) is 25.2 Å². The standard InChI is InChI=1S/C7H5Br2Cl.C7H5BrClI/c8-4-5-3-6(10)1-2-7(5)9;8-4-5-3-6(9)1-2-7(5)10/h2*1-3H,4H2. The monoisotopic (exact) mass is 612 g/mol. The van der Waals surface area contributed by atoms with E-state index in [9.17, 15) is 0 Å². The summed E-state index contributed by atoms with van der Waals surface area (Å²) in [6.45, 7) is 0. The van der Waals surface area contributed by atoms with E-state index in [2.05, 4.69) is 70.4 Å². The summed E-state index contributed by atoms with van der Waals surface area (Å²) in [5.74, 6) is 0. The molecular formula is C14H10Br3Cl2I. The number of hydrogen-bond acceptors (Lipinski definition) is 0. The summed E-state index contributed by atoms with van der Waals surface area (Å²) in [6, 6.07) is 11.6. The Morgan fingerprint density at radius 1 is 0.850 bits per heavy atom. The van der Waals surface area contributed by atoms with Crippen LogP contribution in [0.2, 0.25) is 10.0 Å². The van der Waals surface area contributed by atoms with Crippen LogP contribution in [0.15, 0.2) is 40.9 Å². The number of alkyl halides is 2. The third kappa shape index (κ3) is 6.53. The quantitative estimate of drug-likeness (QED) is 0.239. The molecule has 0 spiro atoms. The van der Waals surface area contributed by atoms with Gasteiger partial charge in [-0.05, 0) is 70.1 Å². The lowest BCUT2D eigenvalue weighted by atomic mass is 10.2. The molecular weight excluding hydrogens is 606 g/mol. The average Bonchev–Trinajstić information content (AvgIpc) is 2.44. The minimum atomic E-state index is 0.776. The second-order valence-corrected chi connectivity index (χ2v) is 7.75. The van der Waals surface area contributed by atoms with Gasteiger partial charge in [-0.1, -0.05) is 71.0 Å². The van der Waals surface area contributed by atoms with Crippen LogP contribution in [0.4, 0.5) is 0 Å². The zero-order valence-corrected chi connectivity index (χ0v) is 18.6. The Morgan fingerprint density at radius 3 is 1.80 bits per heavy atom. The number of halogens is 6. The summed E-state index contributed by atoms with van der Waals surface area (Å²) < 4.78 is 2.34. The third-order valence-corrected chi connectivity index (χ3v) is 5.81. The molecule has 0 aliphatic heterocycles. The molecule has 0 aliphatic carbocycles. The summed E-state index contributed by atoms with van der Waals surface area (Å²) in [4.78, 5) is 0. The van der Waals surface area contributed by atoms with Gasteiger partial charge < -0.3 is 0 Å². The molecule has 6 heteroatoms. The van der Waals surface area contributed by atoms with Gasteiger partial charge in [0.2, 0.25) is 0 Å². The van der Waals surface area contributed by atoms with Crippen molar-refractivity contribution in [2.45, 2.75) is 10.7 Å². The van der Waals surface area contributed by atoms with Crippen LogP contribution in [-0.4, -0.2) is 0 Å². The number of benzene rings is 2. The molecule has 2 aromatic rings. The van der Waals surface area contributed by atoms with Crippen LogP contribution in [-0.2, 0) is 10.7 Å². The highest BCUT2D eigenvalue weighted by Gasteiger charge is 1.97. The molecule has 0 saturated carbocycles. The van der Waals surface area contributed by atoms with Crippen LogP contribution in [0, 0.1) is 3.57 Å². The zero-order valence-electron chi connectivity index (χ0n) is 10.1. The molecule has 0 amide bonds. The van der Waals surface area contributed by atoms with Crippen LogP contribution >= 0.6 is 93.6 Å². The molecule has 20 heavy (non-hydrogen) atoms. The molecule has 0 aromatic heterocycles. The van der Waals surface area contributed by atoms with Gasteiger partial charge in [-0.3, -0.25) is 0 Å². The van der Waals surface area contributed by atoms with E-state index in [-0.39, 0.29) is 0 Å². The Hall–Kier alpha value is 1.19. The highest BCUT2D eigenvalue weighted by molar-refractivity contribution is 14.1. The maximum absolute atomic E-state index is 5.77. The van der Waals surface area contributed by atoms with Crippen molar-refractivity contribution >= 4 is 93.6 Å². The molecule has 0 atom stereocenters. The molecule has 0 fully saturated rings. The van der Waals surface area contributed by atoms with Gasteiger partial charge in [-0.15, -0.1) is 0 Å². The lowest BCUT2D eigenvalue weighted by Crippen LogP contribution is -1.81. The van der Waals surface area contributed by atoms with E-state index in [1.54, 1.807) is 0 Å². The molecule has 2 rings (SSSR count). The van der Waals surface area contributed by atoms with E-state index < -0.39 is 0 Å². The molecule has 0 saturated heterocycles. The van der Waals surface area contributed by atoms with Crippen LogP contribution in [0.25, 0.3) is 0 Å². The fourth-order valence-corrected chi connectivity index (χ4v) is 4.42. The van der Waals surface area contributed by atoms with E-state index in [0.29, 0.717) is 0 Å². The predicted molar refractivity (Wildman–Crippen MR) is 109 cm³/mol. The molecule has 0 bridgehead atoms. The molecule has 108 valence electrons. The molecule has 0 nitrogen and oxygen atoms in total. The second kappa shape index (κ2) is 10.1. The van der Waals surface area contributed by atoms with E-state index in [1.807, 2.05) is 36.4 Å². The molecule has 0 unspecified atom stereocenters. The van der Waals surface area contributed by atoms with Crippen LogP contribution in [0.3, 0.4) is 0 Å². The van der Waals surface area contributed by atoms with E-state index in [4.69, 9.17) is 23.2 Å². The summed E-state index contributed by atoms with van der Waals surface area (Å²) in [7, 11) is 0. The Morgan fingerprint density at radius 2 is 1.35 bits per heavy atom. The molecule has 0 aliphatic rings.